The molecule has 2 N–H and O–H groups in total. The summed E-state index contributed by atoms with van der Waals surface area (Å²) in [5, 5.41) is 13.2. The van der Waals surface area contributed by atoms with Gasteiger partial charge in [-0.1, -0.05) is 0 Å². The second kappa shape index (κ2) is 5.91. The van der Waals surface area contributed by atoms with Gasteiger partial charge in [-0.2, -0.15) is 0 Å². The zero-order valence-electron chi connectivity index (χ0n) is 12.8. The van der Waals surface area contributed by atoms with Crippen molar-refractivity contribution in [2.45, 2.75) is 63.7 Å². The zero-order chi connectivity index (χ0) is 15.0. The number of nitrogens with one attached hydrogen (secondary N) is 1. The molecule has 0 spiro atoms. The van der Waals surface area contributed by atoms with E-state index in [1.807, 2.05) is 6.92 Å². The first kappa shape index (κ1) is 16.2. The number of nitrogens with zero attached hydrogens (tertiary/aromatic N) is 1. The van der Waals surface area contributed by atoms with Crippen molar-refractivity contribution in [3.63, 3.8) is 0 Å². The summed E-state index contributed by atoms with van der Waals surface area (Å²) in [5.41, 5.74) is -0.267. The maximum Gasteiger partial charge on any atom is 0.153 e. The first-order valence-electron chi connectivity index (χ1n) is 7.59. The molecule has 1 aliphatic carbocycles. The maximum atomic E-state index is 11.6. The standard InChI is InChI=1S/C14H28N2O3S/c1-11(8-14(3,10-17)15-13-4-5-13)16-6-7-20(18,19)9-12(16)2/h11-13,15,17H,4-10H2,1-3H3. The van der Waals surface area contributed by atoms with E-state index in [9.17, 15) is 13.5 Å². The van der Waals surface area contributed by atoms with Gasteiger partial charge in [0.25, 0.3) is 0 Å². The summed E-state index contributed by atoms with van der Waals surface area (Å²) < 4.78 is 23.3. The normalized spacial score (nSPS) is 31.7. The second-order valence-corrected chi connectivity index (χ2v) is 9.12. The van der Waals surface area contributed by atoms with E-state index >= 15 is 0 Å². The molecular formula is C14H28N2O3S. The Labute approximate surface area is 122 Å². The van der Waals surface area contributed by atoms with Gasteiger partial charge in [-0.25, -0.2) is 8.42 Å². The molecule has 0 aromatic rings. The van der Waals surface area contributed by atoms with Crippen molar-refractivity contribution in [1.82, 2.24) is 10.2 Å². The summed E-state index contributed by atoms with van der Waals surface area (Å²) in [6.45, 7) is 6.91. The van der Waals surface area contributed by atoms with Gasteiger partial charge in [0.2, 0.25) is 0 Å². The maximum absolute atomic E-state index is 11.6. The van der Waals surface area contributed by atoms with Gasteiger partial charge in [-0.15, -0.1) is 0 Å². The summed E-state index contributed by atoms with van der Waals surface area (Å²) in [5.74, 6) is 0.511. The molecule has 0 amide bonds. The lowest BCUT2D eigenvalue weighted by atomic mass is 9.93. The monoisotopic (exact) mass is 304 g/mol. The van der Waals surface area contributed by atoms with Gasteiger partial charge in [-0.05, 0) is 40.0 Å². The molecule has 118 valence electrons. The molecule has 0 bridgehead atoms. The second-order valence-electron chi connectivity index (χ2n) is 6.89. The highest BCUT2D eigenvalue weighted by Gasteiger charge is 2.37. The lowest BCUT2D eigenvalue weighted by Gasteiger charge is -2.41. The van der Waals surface area contributed by atoms with Crippen molar-refractivity contribution < 1.29 is 13.5 Å². The summed E-state index contributed by atoms with van der Waals surface area (Å²) in [6.07, 6.45) is 3.23. The van der Waals surface area contributed by atoms with E-state index in [1.165, 1.54) is 12.8 Å². The Bertz CT molecular complexity index is 436. The Balaban J connectivity index is 1.94. The van der Waals surface area contributed by atoms with Crippen molar-refractivity contribution in [1.29, 1.82) is 0 Å². The minimum Gasteiger partial charge on any atom is -0.394 e. The van der Waals surface area contributed by atoms with E-state index in [2.05, 4.69) is 24.1 Å². The molecule has 1 aliphatic heterocycles. The number of aliphatic hydroxyl groups is 1. The van der Waals surface area contributed by atoms with Gasteiger partial charge in [0.15, 0.2) is 9.84 Å². The van der Waals surface area contributed by atoms with E-state index in [0.29, 0.717) is 12.6 Å². The molecule has 1 saturated heterocycles. The third-order valence-electron chi connectivity index (χ3n) is 4.51. The smallest absolute Gasteiger partial charge is 0.153 e. The van der Waals surface area contributed by atoms with Crippen LogP contribution in [0.1, 0.15) is 40.0 Å². The van der Waals surface area contributed by atoms with Gasteiger partial charge >= 0.3 is 0 Å². The molecule has 5 nitrogen and oxygen atoms in total. The van der Waals surface area contributed by atoms with Crippen LogP contribution in [0.25, 0.3) is 0 Å². The van der Waals surface area contributed by atoms with Crippen molar-refractivity contribution in [3.8, 4) is 0 Å². The molecular weight excluding hydrogens is 276 g/mol. The fourth-order valence-corrected chi connectivity index (χ4v) is 4.91. The fourth-order valence-electron chi connectivity index (χ4n) is 3.33. The van der Waals surface area contributed by atoms with Crippen molar-refractivity contribution in [3.05, 3.63) is 0 Å². The lowest BCUT2D eigenvalue weighted by molar-refractivity contribution is 0.0978. The summed E-state index contributed by atoms with van der Waals surface area (Å²) in [4.78, 5) is 2.27. The topological polar surface area (TPSA) is 69.6 Å². The number of hydrogen-bond donors (Lipinski definition) is 2. The SMILES string of the molecule is CC(CC(C)(CO)NC1CC1)N1CCS(=O)(=O)CC1C. The van der Waals surface area contributed by atoms with Crippen LogP contribution in [0.4, 0.5) is 0 Å². The lowest BCUT2D eigenvalue weighted by Crippen LogP contribution is -2.56. The predicted octanol–water partition coefficient (Wildman–Crippen LogP) is 0.387. The molecule has 3 atom stereocenters. The van der Waals surface area contributed by atoms with Gasteiger partial charge in [-0.3, -0.25) is 4.90 Å². The number of sulfone groups is 1. The van der Waals surface area contributed by atoms with Crippen molar-refractivity contribution >= 4 is 9.84 Å². The van der Waals surface area contributed by atoms with Crippen LogP contribution < -0.4 is 5.32 Å². The molecule has 0 radical (unpaired) electrons. The highest BCUT2D eigenvalue weighted by atomic mass is 32.2. The Hall–Kier alpha value is -0.170. The van der Waals surface area contributed by atoms with Crippen LogP contribution >= 0.6 is 0 Å². The van der Waals surface area contributed by atoms with E-state index < -0.39 is 9.84 Å². The average Bonchev–Trinajstić information content (AvgIpc) is 3.11. The molecule has 2 rings (SSSR count). The Morgan fingerprint density at radius 1 is 1.45 bits per heavy atom. The molecule has 20 heavy (non-hydrogen) atoms. The van der Waals surface area contributed by atoms with Gasteiger partial charge < -0.3 is 10.4 Å². The highest BCUT2D eigenvalue weighted by Crippen LogP contribution is 2.26. The van der Waals surface area contributed by atoms with Crippen LogP contribution in [0.2, 0.25) is 0 Å². The van der Waals surface area contributed by atoms with Crippen LogP contribution in [0.3, 0.4) is 0 Å². The van der Waals surface area contributed by atoms with Gasteiger partial charge in [0.05, 0.1) is 18.1 Å². The molecule has 0 aromatic carbocycles. The minimum atomic E-state index is -2.86. The molecule has 2 fully saturated rings. The van der Waals surface area contributed by atoms with Crippen molar-refractivity contribution in [2.75, 3.05) is 24.7 Å². The number of aliphatic hydroxyl groups excluding tert-OH is 1. The van der Waals surface area contributed by atoms with E-state index in [4.69, 9.17) is 0 Å². The first-order chi connectivity index (χ1) is 9.25. The Morgan fingerprint density at radius 3 is 2.60 bits per heavy atom. The zero-order valence-corrected chi connectivity index (χ0v) is 13.6. The molecule has 1 saturated carbocycles. The summed E-state index contributed by atoms with van der Waals surface area (Å²) >= 11 is 0. The summed E-state index contributed by atoms with van der Waals surface area (Å²) in [7, 11) is -2.86. The van der Waals surface area contributed by atoms with E-state index in [1.54, 1.807) is 0 Å². The van der Waals surface area contributed by atoms with Gasteiger partial charge in [0, 0.05) is 30.2 Å². The summed E-state index contributed by atoms with van der Waals surface area (Å²) in [6, 6.07) is 0.884. The third-order valence-corrected chi connectivity index (χ3v) is 6.31. The van der Waals surface area contributed by atoms with Crippen LogP contribution in [-0.2, 0) is 9.84 Å². The van der Waals surface area contributed by atoms with Crippen LogP contribution in [0.5, 0.6) is 0 Å². The molecule has 1 heterocycles. The van der Waals surface area contributed by atoms with Crippen molar-refractivity contribution in [2.24, 2.45) is 0 Å². The highest BCUT2D eigenvalue weighted by molar-refractivity contribution is 7.91. The number of rotatable bonds is 6. The first-order valence-corrected chi connectivity index (χ1v) is 9.41. The minimum absolute atomic E-state index is 0.0626. The third kappa shape index (κ3) is 4.16. The molecule has 6 heteroatoms. The predicted molar refractivity (Wildman–Crippen MR) is 80.5 cm³/mol. The van der Waals surface area contributed by atoms with Crippen LogP contribution in [-0.4, -0.2) is 66.7 Å². The largest absolute Gasteiger partial charge is 0.394 e. The van der Waals surface area contributed by atoms with Crippen LogP contribution in [0.15, 0.2) is 0 Å². The molecule has 3 unspecified atom stereocenters. The molecule has 2 aliphatic rings. The van der Waals surface area contributed by atoms with E-state index in [-0.39, 0.29) is 35.7 Å². The Morgan fingerprint density at radius 2 is 2.10 bits per heavy atom. The quantitative estimate of drug-likeness (QED) is 0.743. The fraction of sp³-hybridized carbons (Fsp3) is 1.00. The average molecular weight is 304 g/mol. The van der Waals surface area contributed by atoms with Crippen LogP contribution in [0, 0.1) is 0 Å². The Kier molecular flexibility index (Phi) is 4.79. The number of hydrogen-bond acceptors (Lipinski definition) is 5. The van der Waals surface area contributed by atoms with Gasteiger partial charge in [0.1, 0.15) is 0 Å². The van der Waals surface area contributed by atoms with E-state index in [0.717, 1.165) is 6.42 Å². The molecule has 0 aromatic heterocycles.